The van der Waals surface area contributed by atoms with E-state index in [2.05, 4.69) is 5.92 Å². The van der Waals surface area contributed by atoms with Gasteiger partial charge in [0, 0.05) is 6.42 Å². The summed E-state index contributed by atoms with van der Waals surface area (Å²) >= 11 is 0. The third-order valence-corrected chi connectivity index (χ3v) is 0.965. The van der Waals surface area contributed by atoms with Gasteiger partial charge in [0.05, 0.1) is 6.04 Å². The lowest BCUT2D eigenvalue weighted by Gasteiger charge is -2.01. The summed E-state index contributed by atoms with van der Waals surface area (Å²) in [6.07, 6.45) is 5.90. The van der Waals surface area contributed by atoms with Crippen LogP contribution in [0, 0.1) is 12.3 Å². The van der Waals surface area contributed by atoms with E-state index in [0.29, 0.717) is 12.8 Å². The molecule has 1 atom stereocenters. The number of carbonyl (C=O) groups excluding carboxylic acids is 1. The highest BCUT2D eigenvalue weighted by molar-refractivity contribution is 5.79. The number of terminal acetylenes is 1. The highest BCUT2D eigenvalue weighted by Gasteiger charge is 2.05. The molecule has 3 heteroatoms. The van der Waals surface area contributed by atoms with Gasteiger partial charge in [0.2, 0.25) is 5.91 Å². The second-order valence-electron chi connectivity index (χ2n) is 1.75. The summed E-state index contributed by atoms with van der Waals surface area (Å²) in [6.45, 7) is 0. The van der Waals surface area contributed by atoms with Crippen molar-refractivity contribution in [2.45, 2.75) is 18.9 Å². The number of rotatable bonds is 3. The molecule has 0 saturated heterocycles. The van der Waals surface area contributed by atoms with Crippen molar-refractivity contribution in [1.29, 1.82) is 0 Å². The molecule has 1 unspecified atom stereocenters. The minimum atomic E-state index is -0.582. The first-order valence-electron chi connectivity index (χ1n) is 2.67. The van der Waals surface area contributed by atoms with Gasteiger partial charge < -0.3 is 11.5 Å². The maximum atomic E-state index is 10.2. The van der Waals surface area contributed by atoms with Gasteiger partial charge in [-0.15, -0.1) is 12.3 Å². The van der Waals surface area contributed by atoms with Crippen molar-refractivity contribution >= 4 is 5.91 Å². The Morgan fingerprint density at radius 2 is 2.33 bits per heavy atom. The van der Waals surface area contributed by atoms with Crippen LogP contribution in [0.5, 0.6) is 0 Å². The minimum Gasteiger partial charge on any atom is -0.368 e. The van der Waals surface area contributed by atoms with Crippen molar-refractivity contribution in [3.05, 3.63) is 0 Å². The van der Waals surface area contributed by atoms with Crippen LogP contribution in [0.1, 0.15) is 12.8 Å². The lowest BCUT2D eigenvalue weighted by molar-refractivity contribution is -0.119. The number of nitrogens with two attached hydrogens (primary N) is 2. The fraction of sp³-hybridized carbons (Fsp3) is 0.500. The summed E-state index contributed by atoms with van der Waals surface area (Å²) < 4.78 is 0. The molecule has 0 aliphatic rings. The molecule has 0 bridgehead atoms. The zero-order chi connectivity index (χ0) is 7.28. The van der Waals surface area contributed by atoms with Gasteiger partial charge in [-0.1, -0.05) is 0 Å². The van der Waals surface area contributed by atoms with E-state index in [1.807, 2.05) is 0 Å². The van der Waals surface area contributed by atoms with Crippen LogP contribution in [0.2, 0.25) is 0 Å². The van der Waals surface area contributed by atoms with Crippen molar-refractivity contribution in [2.24, 2.45) is 11.5 Å². The van der Waals surface area contributed by atoms with Gasteiger partial charge in [-0.25, -0.2) is 0 Å². The normalized spacial score (nSPS) is 12.0. The highest BCUT2D eigenvalue weighted by atomic mass is 16.1. The first-order chi connectivity index (χ1) is 4.18. The van der Waals surface area contributed by atoms with Crippen LogP contribution in [-0.4, -0.2) is 11.9 Å². The zero-order valence-corrected chi connectivity index (χ0v) is 5.13. The Morgan fingerprint density at radius 1 is 1.78 bits per heavy atom. The molecule has 4 N–H and O–H groups in total. The van der Waals surface area contributed by atoms with Gasteiger partial charge in [0.15, 0.2) is 0 Å². The third-order valence-electron chi connectivity index (χ3n) is 0.965. The van der Waals surface area contributed by atoms with Crippen molar-refractivity contribution in [3.63, 3.8) is 0 Å². The molecule has 0 fully saturated rings. The van der Waals surface area contributed by atoms with E-state index >= 15 is 0 Å². The Bertz CT molecular complexity index is 136. The first-order valence-corrected chi connectivity index (χ1v) is 2.67. The van der Waals surface area contributed by atoms with Gasteiger partial charge in [0.25, 0.3) is 0 Å². The maximum absolute atomic E-state index is 10.2. The quantitative estimate of drug-likeness (QED) is 0.487. The number of hydrogen-bond acceptors (Lipinski definition) is 2. The number of amides is 1. The molecule has 0 spiro atoms. The Hall–Kier alpha value is -1.01. The van der Waals surface area contributed by atoms with Crippen LogP contribution in [0.3, 0.4) is 0 Å². The van der Waals surface area contributed by atoms with E-state index in [9.17, 15) is 4.79 Å². The molecule has 0 aliphatic carbocycles. The molecule has 50 valence electrons. The van der Waals surface area contributed by atoms with Crippen LogP contribution in [0.15, 0.2) is 0 Å². The molecule has 9 heavy (non-hydrogen) atoms. The summed E-state index contributed by atoms with van der Waals surface area (Å²) in [5.74, 6) is 1.87. The minimum absolute atomic E-state index is 0.478. The number of carbonyl (C=O) groups is 1. The Labute approximate surface area is 54.4 Å². The monoisotopic (exact) mass is 126 g/mol. The van der Waals surface area contributed by atoms with E-state index in [-0.39, 0.29) is 0 Å². The van der Waals surface area contributed by atoms with E-state index in [0.717, 1.165) is 0 Å². The average molecular weight is 126 g/mol. The molecular formula is C6H10N2O. The second kappa shape index (κ2) is 3.93. The fourth-order valence-electron chi connectivity index (χ4n) is 0.381. The van der Waals surface area contributed by atoms with Gasteiger partial charge in [-0.2, -0.15) is 0 Å². The fourth-order valence-corrected chi connectivity index (χ4v) is 0.381. The first kappa shape index (κ1) is 7.99. The lowest BCUT2D eigenvalue weighted by atomic mass is 10.2. The number of hydrogen-bond donors (Lipinski definition) is 2. The molecule has 0 aliphatic heterocycles. The van der Waals surface area contributed by atoms with Crippen LogP contribution in [0.4, 0.5) is 0 Å². The standard InChI is InChI=1S/C6H10N2O/c1-2-3-4-5(7)6(8)9/h1,5H,3-4,7H2,(H2,8,9). The van der Waals surface area contributed by atoms with Gasteiger partial charge in [0.1, 0.15) is 0 Å². The van der Waals surface area contributed by atoms with E-state index in [1.165, 1.54) is 0 Å². The van der Waals surface area contributed by atoms with Gasteiger partial charge >= 0.3 is 0 Å². The molecule has 0 rings (SSSR count). The van der Waals surface area contributed by atoms with Crippen LogP contribution in [-0.2, 0) is 4.79 Å². The van der Waals surface area contributed by atoms with Crippen molar-refractivity contribution in [1.82, 2.24) is 0 Å². The van der Waals surface area contributed by atoms with Crippen LogP contribution < -0.4 is 11.5 Å². The predicted octanol–water partition coefficient (Wildman–Crippen LogP) is -0.788. The summed E-state index contributed by atoms with van der Waals surface area (Å²) in [6, 6.07) is -0.582. The van der Waals surface area contributed by atoms with E-state index in [4.69, 9.17) is 17.9 Å². The van der Waals surface area contributed by atoms with Crippen molar-refractivity contribution in [3.8, 4) is 12.3 Å². The van der Waals surface area contributed by atoms with Crippen LogP contribution >= 0.6 is 0 Å². The molecular weight excluding hydrogens is 116 g/mol. The summed E-state index contributed by atoms with van der Waals surface area (Å²) in [7, 11) is 0. The average Bonchev–Trinajstić information content (AvgIpc) is 1.82. The molecule has 0 heterocycles. The maximum Gasteiger partial charge on any atom is 0.234 e. The largest absolute Gasteiger partial charge is 0.368 e. The van der Waals surface area contributed by atoms with Gasteiger partial charge in [-0.05, 0) is 6.42 Å². The molecule has 0 aromatic heterocycles. The molecule has 0 saturated carbocycles. The van der Waals surface area contributed by atoms with Gasteiger partial charge in [-0.3, -0.25) is 4.79 Å². The van der Waals surface area contributed by atoms with E-state index < -0.39 is 11.9 Å². The highest BCUT2D eigenvalue weighted by Crippen LogP contribution is 1.90. The summed E-state index contributed by atoms with van der Waals surface area (Å²) in [4.78, 5) is 10.2. The molecule has 3 nitrogen and oxygen atoms in total. The number of primary amides is 1. The second-order valence-corrected chi connectivity index (χ2v) is 1.75. The van der Waals surface area contributed by atoms with E-state index in [1.54, 1.807) is 0 Å². The Balaban J connectivity index is 3.41. The van der Waals surface area contributed by atoms with Crippen LogP contribution in [0.25, 0.3) is 0 Å². The Morgan fingerprint density at radius 3 is 2.67 bits per heavy atom. The smallest absolute Gasteiger partial charge is 0.234 e. The molecule has 0 radical (unpaired) electrons. The Kier molecular flexibility index (Phi) is 3.49. The lowest BCUT2D eigenvalue weighted by Crippen LogP contribution is -2.36. The summed E-state index contributed by atoms with van der Waals surface area (Å²) in [5.41, 5.74) is 10.1. The predicted molar refractivity (Wildman–Crippen MR) is 35.2 cm³/mol. The topological polar surface area (TPSA) is 69.1 Å². The molecule has 0 aromatic rings. The van der Waals surface area contributed by atoms with Crippen molar-refractivity contribution < 1.29 is 4.79 Å². The molecule has 1 amide bonds. The third kappa shape index (κ3) is 3.56. The summed E-state index contributed by atoms with van der Waals surface area (Å²) in [5, 5.41) is 0. The van der Waals surface area contributed by atoms with Crippen molar-refractivity contribution in [2.75, 3.05) is 0 Å². The molecule has 0 aromatic carbocycles. The SMILES string of the molecule is C#CCCC(N)C(N)=O. The zero-order valence-electron chi connectivity index (χ0n) is 5.13.